The Morgan fingerprint density at radius 2 is 0.906 bits per heavy atom. The highest BCUT2D eigenvalue weighted by Gasteiger charge is 2.28. The van der Waals surface area contributed by atoms with Crippen molar-refractivity contribution in [1.29, 1.82) is 0 Å². The lowest BCUT2D eigenvalue weighted by atomic mass is 9.92. The van der Waals surface area contributed by atoms with E-state index < -0.39 is 5.97 Å². The lowest BCUT2D eigenvalue weighted by Crippen LogP contribution is -1.95. The number of aryl methyl sites for hydroxylation is 5. The maximum Gasteiger partial charge on any atom is 0.335 e. The van der Waals surface area contributed by atoms with E-state index in [1.54, 1.807) is 18.2 Å². The van der Waals surface area contributed by atoms with Crippen LogP contribution in [0.4, 0.5) is 0 Å². The second-order valence-electron chi connectivity index (χ2n) is 23.8. The minimum Gasteiger partial charge on any atom is -0.478 e. The second kappa shape index (κ2) is 29.7. The number of fused-ring (bicyclic) bond motifs is 8. The van der Waals surface area contributed by atoms with Crippen LogP contribution in [-0.4, -0.2) is 31.0 Å². The molecule has 6 nitrogen and oxygen atoms in total. The number of H-pyrrole nitrogens is 2. The number of carboxylic acids is 1. The van der Waals surface area contributed by atoms with Crippen LogP contribution < -0.4 is 0 Å². The van der Waals surface area contributed by atoms with E-state index in [1.807, 2.05) is 18.2 Å². The Hall–Kier alpha value is -7.20. The molecule has 0 spiro atoms. The molecular weight excluding hydrogens is 1150 g/mol. The molecule has 0 saturated heterocycles. The van der Waals surface area contributed by atoms with Gasteiger partial charge in [0.05, 0.1) is 39.4 Å². The van der Waals surface area contributed by atoms with Crippen molar-refractivity contribution in [3.8, 4) is 45.9 Å². The van der Waals surface area contributed by atoms with E-state index in [1.165, 1.54) is 125 Å². The van der Waals surface area contributed by atoms with Crippen molar-refractivity contribution >= 4 is 72.9 Å². The molecule has 0 saturated carbocycles. The number of hydrogen-bond acceptors (Lipinski definition) is 3. The van der Waals surface area contributed by atoms with E-state index in [-0.39, 0.29) is 5.56 Å². The van der Waals surface area contributed by atoms with Crippen molar-refractivity contribution in [2.45, 2.75) is 191 Å². The predicted molar refractivity (Wildman–Crippen MR) is 369 cm³/mol. The zero-order valence-electron chi connectivity index (χ0n) is 52.1. The lowest BCUT2D eigenvalue weighted by molar-refractivity contribution is 0.0696. The van der Waals surface area contributed by atoms with E-state index in [0.29, 0.717) is 5.56 Å². The Morgan fingerprint density at radius 3 is 1.38 bits per heavy atom. The molecule has 0 unspecified atom stereocenters. The Kier molecular flexibility index (Phi) is 21.8. The third-order valence-electron chi connectivity index (χ3n) is 17.3. The number of nitrogens with zero attached hydrogens (tertiary/aromatic N) is 2. The summed E-state index contributed by atoms with van der Waals surface area (Å²) in [6.07, 6.45) is 22.7. The fourth-order valence-electron chi connectivity index (χ4n) is 12.6. The molecule has 8 bridgehead atoms. The molecule has 0 aliphatic carbocycles. The summed E-state index contributed by atoms with van der Waals surface area (Å²) in [6.45, 7) is 20.6. The Morgan fingerprint density at radius 1 is 0.471 bits per heavy atom. The number of aromatic amines is 2. The number of rotatable bonds is 23. The monoisotopic (exact) mass is 1240 g/mol. The number of allylic oxidation sites excluding steroid dienone is 4. The number of benzene rings is 4. The summed E-state index contributed by atoms with van der Waals surface area (Å²) < 4.78 is 1.20. The van der Waals surface area contributed by atoms with Crippen LogP contribution in [0.5, 0.6) is 0 Å². The Labute approximate surface area is 521 Å². The molecule has 85 heavy (non-hydrogen) atoms. The summed E-state index contributed by atoms with van der Waals surface area (Å²) in [5.41, 5.74) is 28.2. The van der Waals surface area contributed by atoms with Gasteiger partial charge >= 0.3 is 5.97 Å². The summed E-state index contributed by atoms with van der Waals surface area (Å²) in [6, 6.07) is 35.6. The van der Waals surface area contributed by atoms with E-state index in [9.17, 15) is 9.90 Å². The highest BCUT2D eigenvalue weighted by atomic mass is 127. The van der Waals surface area contributed by atoms with Crippen molar-refractivity contribution in [3.63, 3.8) is 0 Å². The van der Waals surface area contributed by atoms with Gasteiger partial charge in [0.25, 0.3) is 0 Å². The van der Waals surface area contributed by atoms with Crippen molar-refractivity contribution in [2.24, 2.45) is 0 Å². The molecule has 5 heterocycles. The standard InChI is InChI=1S/C78H87IN4O2/c1-10-14-18-22-35-64-52(6)74-72(60-31-26-29-56(46-60)39-41-58-43-51(5)44-59(45-58)42-40-57-30-27-33-62(47-57)78(84)85)75-53(7)65(36-23-19-15-11-2)69(81-75)50-71-67(38-25-21-17-13-4)55(9)77(83-71)73(61-32-28-34-63(79)48-61)76-54(8)66(37-24-20-16-12-3)70(82-76)49-68(64)80-74/h26-34,43-50,80-81H,10-25,35-38H2,1-9H3,(H,84,85). The van der Waals surface area contributed by atoms with Crippen LogP contribution in [0.15, 0.2) is 103 Å². The summed E-state index contributed by atoms with van der Waals surface area (Å²) in [7, 11) is 0. The Bertz CT molecular complexity index is 3830. The number of carbonyl (C=O) groups is 1. The lowest BCUT2D eigenvalue weighted by Gasteiger charge is -2.11. The van der Waals surface area contributed by atoms with Gasteiger partial charge in [-0.1, -0.05) is 159 Å². The van der Waals surface area contributed by atoms with Gasteiger partial charge in [0.2, 0.25) is 0 Å². The highest BCUT2D eigenvalue weighted by molar-refractivity contribution is 14.1. The van der Waals surface area contributed by atoms with Gasteiger partial charge < -0.3 is 15.1 Å². The largest absolute Gasteiger partial charge is 0.478 e. The van der Waals surface area contributed by atoms with Gasteiger partial charge in [0, 0.05) is 48.0 Å². The molecule has 3 aromatic heterocycles. The molecule has 438 valence electrons. The van der Waals surface area contributed by atoms with Crippen LogP contribution >= 0.6 is 22.6 Å². The predicted octanol–water partition coefficient (Wildman–Crippen LogP) is 21.7. The third kappa shape index (κ3) is 15.1. The topological polar surface area (TPSA) is 94.7 Å². The van der Waals surface area contributed by atoms with Crippen molar-refractivity contribution in [2.75, 3.05) is 0 Å². The molecule has 0 amide bonds. The van der Waals surface area contributed by atoms with Gasteiger partial charge in [-0.3, -0.25) is 0 Å². The maximum atomic E-state index is 11.7. The molecule has 0 fully saturated rings. The molecule has 9 rings (SSSR count). The second-order valence-corrected chi connectivity index (χ2v) is 25.0. The summed E-state index contributed by atoms with van der Waals surface area (Å²) >= 11 is 2.48. The normalized spacial score (nSPS) is 12.2. The molecule has 7 heteroatoms. The first-order chi connectivity index (χ1) is 41.3. The van der Waals surface area contributed by atoms with Gasteiger partial charge in [0.15, 0.2) is 0 Å². The quantitative estimate of drug-likeness (QED) is 0.0338. The number of unbranched alkanes of at least 4 members (excludes halogenated alkanes) is 12. The Balaban J connectivity index is 1.35. The fourth-order valence-corrected chi connectivity index (χ4v) is 13.1. The van der Waals surface area contributed by atoms with Gasteiger partial charge in [-0.15, -0.1) is 0 Å². The molecule has 0 radical (unpaired) electrons. The van der Waals surface area contributed by atoms with E-state index in [0.717, 1.165) is 141 Å². The molecule has 2 aliphatic rings. The van der Waals surface area contributed by atoms with Crippen LogP contribution in [-0.2, 0) is 12.8 Å². The first-order valence-electron chi connectivity index (χ1n) is 31.9. The van der Waals surface area contributed by atoms with E-state index in [2.05, 4.69) is 185 Å². The average molecular weight is 1240 g/mol. The van der Waals surface area contributed by atoms with Crippen LogP contribution in [0.2, 0.25) is 0 Å². The van der Waals surface area contributed by atoms with Crippen LogP contribution in [0, 0.1) is 48.0 Å². The molecule has 2 aliphatic heterocycles. The van der Waals surface area contributed by atoms with Crippen LogP contribution in [0.1, 0.15) is 240 Å². The van der Waals surface area contributed by atoms with E-state index in [4.69, 9.17) is 9.97 Å². The SMILES string of the molecule is CCCCCCC1=C(C)c2nc1cc1[nH]c(c(C)c1CCCCCC)c(-c1cccc(C#Cc3cc(C)cc(C#Cc4cccc(C(=O)O)c4)c3)c1)c1[nH]c(cc3nc(c2-c2cccc(I)c2)C(C)=C3CCCCCC)c(CCCCCC)c1C. The average Bonchev–Trinajstić information content (AvgIpc) is 2.53. The van der Waals surface area contributed by atoms with Crippen molar-refractivity contribution in [3.05, 3.63) is 185 Å². The fraction of sp³-hybridized carbons (Fsp3) is 0.372. The summed E-state index contributed by atoms with van der Waals surface area (Å²) in [5, 5.41) is 9.58. The van der Waals surface area contributed by atoms with Crippen LogP contribution in [0.25, 0.3) is 66.6 Å². The van der Waals surface area contributed by atoms with Gasteiger partial charge in [-0.05, 0) is 243 Å². The number of carboxylic acid groups (broad SMARTS) is 1. The van der Waals surface area contributed by atoms with Crippen molar-refractivity contribution in [1.82, 2.24) is 19.9 Å². The number of nitrogens with one attached hydrogen (secondary N) is 2. The molecule has 3 N–H and O–H groups in total. The molecular formula is C78H87IN4O2. The molecule has 4 aromatic carbocycles. The van der Waals surface area contributed by atoms with Crippen LogP contribution in [0.3, 0.4) is 0 Å². The van der Waals surface area contributed by atoms with E-state index >= 15 is 0 Å². The van der Waals surface area contributed by atoms with Gasteiger partial charge in [-0.2, -0.15) is 0 Å². The number of halogens is 1. The van der Waals surface area contributed by atoms with Gasteiger partial charge in [-0.25, -0.2) is 14.8 Å². The first kappa shape index (κ1) is 62.3. The maximum absolute atomic E-state index is 11.7. The zero-order valence-corrected chi connectivity index (χ0v) is 54.2. The van der Waals surface area contributed by atoms with Gasteiger partial charge in [0.1, 0.15) is 0 Å². The summed E-state index contributed by atoms with van der Waals surface area (Å²) in [5.74, 6) is 12.6. The first-order valence-corrected chi connectivity index (χ1v) is 32.9. The number of aromatic nitrogens is 4. The summed E-state index contributed by atoms with van der Waals surface area (Å²) in [4.78, 5) is 31.9. The number of hydrogen-bond donors (Lipinski definition) is 3. The molecule has 7 aromatic rings. The zero-order chi connectivity index (χ0) is 60.0. The third-order valence-corrected chi connectivity index (χ3v) is 18.0. The highest BCUT2D eigenvalue weighted by Crippen LogP contribution is 2.45. The molecule has 0 atom stereocenters. The minimum absolute atomic E-state index is 0.217. The van der Waals surface area contributed by atoms with Crippen molar-refractivity contribution < 1.29 is 9.90 Å². The smallest absolute Gasteiger partial charge is 0.335 e. The minimum atomic E-state index is -0.969. The number of aromatic carboxylic acids is 1.